The summed E-state index contributed by atoms with van der Waals surface area (Å²) in [7, 11) is 0. The maximum absolute atomic E-state index is 6.02. The molecular formula is C15H19BrO3. The molecule has 0 atom stereocenters. The largest absolute Gasteiger partial charge is 0.487 e. The van der Waals surface area contributed by atoms with Gasteiger partial charge in [0.2, 0.25) is 5.79 Å². The van der Waals surface area contributed by atoms with Gasteiger partial charge in [0, 0.05) is 12.0 Å². The summed E-state index contributed by atoms with van der Waals surface area (Å²) in [4.78, 5) is 0. The van der Waals surface area contributed by atoms with Gasteiger partial charge >= 0.3 is 0 Å². The van der Waals surface area contributed by atoms with Crippen molar-refractivity contribution in [3.63, 3.8) is 0 Å². The van der Waals surface area contributed by atoms with Gasteiger partial charge in [-0.2, -0.15) is 0 Å². The van der Waals surface area contributed by atoms with Crippen LogP contribution in [0.2, 0.25) is 0 Å². The van der Waals surface area contributed by atoms with E-state index in [2.05, 4.69) is 48.8 Å². The van der Waals surface area contributed by atoms with E-state index in [1.807, 2.05) is 0 Å². The minimum Gasteiger partial charge on any atom is -0.487 e. The zero-order chi connectivity index (χ0) is 13.7. The fourth-order valence-corrected chi connectivity index (χ4v) is 3.54. The molecule has 3 nitrogen and oxygen atoms in total. The predicted octanol–water partition coefficient (Wildman–Crippen LogP) is 3.30. The van der Waals surface area contributed by atoms with Crippen LogP contribution >= 0.6 is 15.9 Å². The predicted molar refractivity (Wildman–Crippen MR) is 77.0 cm³/mol. The summed E-state index contributed by atoms with van der Waals surface area (Å²) >= 11 is 3.52. The number of hydrogen-bond acceptors (Lipinski definition) is 3. The molecule has 1 saturated heterocycles. The van der Waals surface area contributed by atoms with E-state index in [1.165, 1.54) is 5.56 Å². The van der Waals surface area contributed by atoms with Crippen LogP contribution in [0.4, 0.5) is 0 Å². The van der Waals surface area contributed by atoms with Gasteiger partial charge in [-0.25, -0.2) is 0 Å². The Hall–Kier alpha value is -0.580. The Bertz CT molecular complexity index is 504. The minimum atomic E-state index is -0.632. The van der Waals surface area contributed by atoms with Gasteiger partial charge in [-0.05, 0) is 44.0 Å². The van der Waals surface area contributed by atoms with Crippen molar-refractivity contribution in [3.8, 4) is 5.75 Å². The van der Waals surface area contributed by atoms with Crippen LogP contribution in [0.25, 0.3) is 0 Å². The van der Waals surface area contributed by atoms with Gasteiger partial charge in [-0.15, -0.1) is 0 Å². The molecule has 0 saturated carbocycles. The van der Waals surface area contributed by atoms with Gasteiger partial charge in [0.1, 0.15) is 11.4 Å². The summed E-state index contributed by atoms with van der Waals surface area (Å²) in [5.74, 6) is 0.392. The van der Waals surface area contributed by atoms with Crippen molar-refractivity contribution in [2.45, 2.75) is 38.6 Å². The number of fused-ring (bicyclic) bond motifs is 1. The van der Waals surface area contributed by atoms with E-state index >= 15 is 0 Å². The third kappa shape index (κ3) is 2.20. The Morgan fingerprint density at radius 2 is 1.89 bits per heavy atom. The first kappa shape index (κ1) is 13.4. The molecule has 104 valence electrons. The van der Waals surface area contributed by atoms with E-state index in [0.717, 1.165) is 23.3 Å². The van der Waals surface area contributed by atoms with E-state index in [1.54, 1.807) is 0 Å². The van der Waals surface area contributed by atoms with Gasteiger partial charge < -0.3 is 14.2 Å². The molecular weight excluding hydrogens is 308 g/mol. The molecule has 0 bridgehead atoms. The number of halogens is 1. The van der Waals surface area contributed by atoms with Crippen LogP contribution in [0.3, 0.4) is 0 Å². The second-order valence-electron chi connectivity index (χ2n) is 5.90. The molecule has 3 rings (SSSR count). The van der Waals surface area contributed by atoms with Gasteiger partial charge in [-0.3, -0.25) is 0 Å². The van der Waals surface area contributed by atoms with Gasteiger partial charge in [-0.1, -0.05) is 15.9 Å². The first-order chi connectivity index (χ1) is 8.96. The third-order valence-corrected chi connectivity index (χ3v) is 4.45. The quantitative estimate of drug-likeness (QED) is 0.780. The molecule has 2 aliphatic rings. The van der Waals surface area contributed by atoms with Crippen LogP contribution in [-0.4, -0.2) is 24.1 Å². The molecule has 0 aliphatic carbocycles. The normalized spacial score (nSPS) is 23.2. The molecule has 19 heavy (non-hydrogen) atoms. The lowest BCUT2D eigenvalue weighted by molar-refractivity contribution is -0.144. The molecule has 0 amide bonds. The maximum Gasteiger partial charge on any atom is 0.204 e. The molecule has 0 spiro atoms. The zero-order valence-electron chi connectivity index (χ0n) is 11.6. The summed E-state index contributed by atoms with van der Waals surface area (Å²) in [6.45, 7) is 7.61. The summed E-state index contributed by atoms with van der Waals surface area (Å²) < 4.78 is 17.7. The highest BCUT2D eigenvalue weighted by Crippen LogP contribution is 2.42. The topological polar surface area (TPSA) is 27.7 Å². The zero-order valence-corrected chi connectivity index (χ0v) is 13.2. The van der Waals surface area contributed by atoms with Gasteiger partial charge in [0.15, 0.2) is 0 Å². The van der Waals surface area contributed by atoms with Gasteiger partial charge in [0.25, 0.3) is 0 Å². The number of aryl methyl sites for hydroxylation is 1. The lowest BCUT2D eigenvalue weighted by atomic mass is 9.96. The van der Waals surface area contributed by atoms with E-state index < -0.39 is 5.79 Å². The molecule has 1 fully saturated rings. The Morgan fingerprint density at radius 1 is 1.21 bits per heavy atom. The fraction of sp³-hybridized carbons (Fsp3) is 0.600. The maximum atomic E-state index is 6.02. The summed E-state index contributed by atoms with van der Waals surface area (Å²) in [5, 5.41) is 0.641. The molecule has 0 aromatic heterocycles. The smallest absolute Gasteiger partial charge is 0.204 e. The van der Waals surface area contributed by atoms with Crippen LogP contribution in [0.1, 0.15) is 30.5 Å². The first-order valence-corrected chi connectivity index (χ1v) is 7.75. The van der Waals surface area contributed by atoms with Crippen molar-refractivity contribution >= 4 is 15.9 Å². The Morgan fingerprint density at radius 3 is 2.53 bits per heavy atom. The molecule has 0 unspecified atom stereocenters. The average molecular weight is 327 g/mol. The van der Waals surface area contributed by atoms with Crippen LogP contribution in [0.5, 0.6) is 5.75 Å². The Kier molecular flexibility index (Phi) is 3.15. The number of ether oxygens (including phenoxy) is 3. The standard InChI is InChI=1S/C15H19BrO3/c1-10-6-12(15(9-16)17-4-5-18-15)7-11-8-14(2,3)19-13(10)11/h6-7H,4-5,8-9H2,1-3H3. The summed E-state index contributed by atoms with van der Waals surface area (Å²) in [6, 6.07) is 4.29. The van der Waals surface area contributed by atoms with Crippen molar-refractivity contribution in [2.24, 2.45) is 0 Å². The second kappa shape index (κ2) is 4.47. The Balaban J connectivity index is 2.04. The monoisotopic (exact) mass is 326 g/mol. The molecule has 1 aromatic carbocycles. The second-order valence-corrected chi connectivity index (χ2v) is 6.46. The highest BCUT2D eigenvalue weighted by atomic mass is 79.9. The number of benzene rings is 1. The molecule has 0 radical (unpaired) electrons. The summed E-state index contributed by atoms with van der Waals surface area (Å²) in [5.41, 5.74) is 3.36. The number of rotatable bonds is 2. The Labute approximate surface area is 122 Å². The lowest BCUT2D eigenvalue weighted by Crippen LogP contribution is -2.29. The van der Waals surface area contributed by atoms with Crippen molar-refractivity contribution in [2.75, 3.05) is 18.5 Å². The van der Waals surface area contributed by atoms with E-state index in [0.29, 0.717) is 18.5 Å². The molecule has 2 heterocycles. The highest BCUT2D eigenvalue weighted by molar-refractivity contribution is 9.09. The fourth-order valence-electron chi connectivity index (χ4n) is 2.89. The van der Waals surface area contributed by atoms with Crippen molar-refractivity contribution in [3.05, 3.63) is 28.8 Å². The highest BCUT2D eigenvalue weighted by Gasteiger charge is 2.40. The van der Waals surface area contributed by atoms with E-state index in [-0.39, 0.29) is 5.60 Å². The molecule has 4 heteroatoms. The van der Waals surface area contributed by atoms with Crippen LogP contribution in [-0.2, 0) is 21.7 Å². The SMILES string of the molecule is Cc1cc(C2(CBr)OCCO2)cc2c1OC(C)(C)C2. The van der Waals surface area contributed by atoms with Crippen molar-refractivity contribution < 1.29 is 14.2 Å². The minimum absolute atomic E-state index is 0.120. The molecule has 0 N–H and O–H groups in total. The molecule has 2 aliphatic heterocycles. The van der Waals surface area contributed by atoms with Crippen LogP contribution in [0.15, 0.2) is 12.1 Å². The van der Waals surface area contributed by atoms with Crippen molar-refractivity contribution in [1.82, 2.24) is 0 Å². The number of alkyl halides is 1. The average Bonchev–Trinajstić information content (AvgIpc) is 2.93. The first-order valence-electron chi connectivity index (χ1n) is 6.63. The van der Waals surface area contributed by atoms with E-state index in [9.17, 15) is 0 Å². The van der Waals surface area contributed by atoms with Crippen LogP contribution < -0.4 is 4.74 Å². The van der Waals surface area contributed by atoms with Crippen molar-refractivity contribution in [1.29, 1.82) is 0 Å². The van der Waals surface area contributed by atoms with E-state index in [4.69, 9.17) is 14.2 Å². The number of hydrogen-bond donors (Lipinski definition) is 0. The lowest BCUT2D eigenvalue weighted by Gasteiger charge is -2.26. The van der Waals surface area contributed by atoms with Gasteiger partial charge in [0.05, 0.1) is 18.5 Å². The summed E-state index contributed by atoms with van der Waals surface area (Å²) in [6.07, 6.45) is 0.926. The third-order valence-electron chi connectivity index (χ3n) is 3.72. The van der Waals surface area contributed by atoms with Crippen LogP contribution in [0, 0.1) is 6.92 Å². The molecule has 1 aromatic rings.